The molecular formula is C29H33N9O3S. The van der Waals surface area contributed by atoms with Crippen LogP contribution in [0.2, 0.25) is 0 Å². The first-order valence-corrected chi connectivity index (χ1v) is 15.6. The molecule has 12 nitrogen and oxygen atoms in total. The fourth-order valence-electron chi connectivity index (χ4n) is 7.86. The van der Waals surface area contributed by atoms with Gasteiger partial charge < -0.3 is 4.90 Å². The van der Waals surface area contributed by atoms with E-state index in [-0.39, 0.29) is 29.3 Å². The lowest BCUT2D eigenvalue weighted by atomic mass is 9.63. The van der Waals surface area contributed by atoms with Gasteiger partial charge in [0.2, 0.25) is 0 Å². The minimum atomic E-state index is -1.75. The molecule has 3 fully saturated rings. The highest BCUT2D eigenvalue weighted by Gasteiger charge is 2.76. The third kappa shape index (κ3) is 3.89. The van der Waals surface area contributed by atoms with Crippen LogP contribution in [0.4, 0.5) is 5.95 Å². The Labute approximate surface area is 247 Å². The summed E-state index contributed by atoms with van der Waals surface area (Å²) in [6.45, 7) is -0.0956. The molecule has 0 bridgehead atoms. The molecule has 13 heteroatoms. The van der Waals surface area contributed by atoms with E-state index >= 15 is 0 Å². The van der Waals surface area contributed by atoms with Gasteiger partial charge in [0, 0.05) is 23.5 Å². The minimum Gasteiger partial charge on any atom is -0.307 e. The SMILES string of the molecule is O=[N+]([O-])C1(C2CCCCC2)CN(c2nn[nH]n2)C(c2ncccn2)(c2cccs2)C(c2ccccn2)(C2CCCC2)O1. The van der Waals surface area contributed by atoms with Crippen LogP contribution in [0.3, 0.4) is 0 Å². The van der Waals surface area contributed by atoms with Crippen molar-refractivity contribution in [1.29, 1.82) is 0 Å². The average molecular weight is 588 g/mol. The molecule has 0 radical (unpaired) electrons. The Kier molecular flexibility index (Phi) is 6.93. The number of hydrogen-bond donors (Lipinski definition) is 1. The summed E-state index contributed by atoms with van der Waals surface area (Å²) in [4.78, 5) is 30.9. The first kappa shape index (κ1) is 27.0. The number of pyridine rings is 1. The summed E-state index contributed by atoms with van der Waals surface area (Å²) in [6, 6.07) is 11.5. The van der Waals surface area contributed by atoms with Gasteiger partial charge >= 0.3 is 5.72 Å². The van der Waals surface area contributed by atoms with E-state index in [1.54, 1.807) is 24.7 Å². The summed E-state index contributed by atoms with van der Waals surface area (Å²) in [5.74, 6) is 0.254. The zero-order valence-electron chi connectivity index (χ0n) is 23.2. The summed E-state index contributed by atoms with van der Waals surface area (Å²) >= 11 is 1.54. The number of ether oxygens (including phenoxy) is 1. The summed E-state index contributed by atoms with van der Waals surface area (Å²) in [5, 5.41) is 31.0. The lowest BCUT2D eigenvalue weighted by molar-refractivity contribution is -0.659. The molecule has 1 aliphatic heterocycles. The molecule has 5 heterocycles. The molecular weight excluding hydrogens is 554 g/mol. The zero-order valence-corrected chi connectivity index (χ0v) is 24.0. The Balaban J connectivity index is 1.64. The van der Waals surface area contributed by atoms with E-state index in [4.69, 9.17) is 19.7 Å². The lowest BCUT2D eigenvalue weighted by Crippen LogP contribution is -2.77. The predicted molar refractivity (Wildman–Crippen MR) is 154 cm³/mol. The van der Waals surface area contributed by atoms with Gasteiger partial charge in [0.25, 0.3) is 5.95 Å². The molecule has 0 spiro atoms. The van der Waals surface area contributed by atoms with Crippen LogP contribution in [0.25, 0.3) is 0 Å². The van der Waals surface area contributed by atoms with Gasteiger partial charge in [-0.25, -0.2) is 9.97 Å². The Morgan fingerprint density at radius 1 is 0.929 bits per heavy atom. The van der Waals surface area contributed by atoms with Crippen LogP contribution in [0.1, 0.15) is 74.2 Å². The van der Waals surface area contributed by atoms with Crippen molar-refractivity contribution < 1.29 is 9.66 Å². The van der Waals surface area contributed by atoms with Gasteiger partial charge in [0.05, 0.1) is 16.5 Å². The molecule has 4 aromatic rings. The van der Waals surface area contributed by atoms with Crippen LogP contribution in [0.5, 0.6) is 0 Å². The van der Waals surface area contributed by atoms with Crippen molar-refractivity contribution >= 4 is 17.3 Å². The Bertz CT molecular complexity index is 1480. The number of tetrazole rings is 1. The third-order valence-corrected chi connectivity index (χ3v) is 10.5. The van der Waals surface area contributed by atoms with Gasteiger partial charge in [0.1, 0.15) is 6.54 Å². The second-order valence-corrected chi connectivity index (χ2v) is 12.5. The second-order valence-electron chi connectivity index (χ2n) is 11.5. The monoisotopic (exact) mass is 587 g/mol. The van der Waals surface area contributed by atoms with E-state index in [2.05, 4.69) is 20.6 Å². The standard InChI is InChI=1S/C29H33N9O3S/c39-38(40)27(21-10-2-1-3-11-21)20-37(26-33-35-36-34-26)28(24-15-8-19-42-24,25-31-17-9-18-32-25)29(41-27,22-12-4-5-13-22)23-14-6-7-16-30-23/h6-9,14-19,21-22H,1-5,10-13,20H2,(H,33,34,35,36). The topological polar surface area (TPSA) is 149 Å². The van der Waals surface area contributed by atoms with E-state index in [0.717, 1.165) is 49.8 Å². The minimum absolute atomic E-state index is 0.0956. The molecule has 4 aromatic heterocycles. The van der Waals surface area contributed by atoms with Crippen LogP contribution in [-0.2, 0) is 15.9 Å². The molecule has 0 amide bonds. The number of anilines is 1. The van der Waals surface area contributed by atoms with Crippen molar-refractivity contribution in [1.82, 2.24) is 35.6 Å². The number of nitrogens with one attached hydrogen (secondary N) is 1. The van der Waals surface area contributed by atoms with Crippen molar-refractivity contribution in [2.75, 3.05) is 11.4 Å². The highest BCUT2D eigenvalue weighted by Crippen LogP contribution is 2.64. The third-order valence-electron chi connectivity index (χ3n) is 9.54. The van der Waals surface area contributed by atoms with Crippen molar-refractivity contribution in [2.45, 2.75) is 74.7 Å². The van der Waals surface area contributed by atoms with Crippen molar-refractivity contribution in [3.05, 3.63) is 86.9 Å². The average Bonchev–Trinajstić information content (AvgIpc) is 3.86. The first-order chi connectivity index (χ1) is 20.6. The molecule has 1 saturated heterocycles. The predicted octanol–water partition coefficient (Wildman–Crippen LogP) is 4.87. The largest absolute Gasteiger partial charge is 0.346 e. The molecule has 42 heavy (non-hydrogen) atoms. The van der Waals surface area contributed by atoms with E-state index in [1.165, 1.54) is 11.3 Å². The molecule has 3 aliphatic rings. The van der Waals surface area contributed by atoms with Gasteiger partial charge in [-0.15, -0.1) is 16.4 Å². The number of H-pyrrole nitrogens is 1. The molecule has 3 atom stereocenters. The number of rotatable bonds is 7. The molecule has 2 aliphatic carbocycles. The van der Waals surface area contributed by atoms with Crippen molar-refractivity contribution in [3.63, 3.8) is 0 Å². The number of nitro groups is 1. The molecule has 3 unspecified atom stereocenters. The maximum absolute atomic E-state index is 13.6. The van der Waals surface area contributed by atoms with E-state index < -0.39 is 16.9 Å². The number of thiophene rings is 1. The van der Waals surface area contributed by atoms with Gasteiger partial charge in [0.15, 0.2) is 17.0 Å². The summed E-state index contributed by atoms with van der Waals surface area (Å²) < 4.78 is 7.49. The lowest BCUT2D eigenvalue weighted by Gasteiger charge is -2.61. The Morgan fingerprint density at radius 3 is 2.31 bits per heavy atom. The zero-order chi connectivity index (χ0) is 28.6. The fraction of sp³-hybridized carbons (Fsp3) is 0.517. The number of morpholine rings is 1. The number of hydrogen-bond acceptors (Lipinski definition) is 11. The van der Waals surface area contributed by atoms with Crippen molar-refractivity contribution in [2.24, 2.45) is 11.8 Å². The number of aromatic amines is 1. The summed E-state index contributed by atoms with van der Waals surface area (Å²) in [5.41, 5.74) is -3.78. The normalized spacial score (nSPS) is 29.1. The first-order valence-electron chi connectivity index (χ1n) is 14.7. The van der Waals surface area contributed by atoms with E-state index in [1.807, 2.05) is 40.6 Å². The van der Waals surface area contributed by atoms with Crippen LogP contribution < -0.4 is 4.90 Å². The van der Waals surface area contributed by atoms with Gasteiger partial charge in [-0.05, 0) is 66.5 Å². The fourth-order valence-corrected chi connectivity index (χ4v) is 8.84. The van der Waals surface area contributed by atoms with Crippen LogP contribution in [0.15, 0.2) is 60.4 Å². The second kappa shape index (κ2) is 10.8. The van der Waals surface area contributed by atoms with E-state index in [9.17, 15) is 10.1 Å². The van der Waals surface area contributed by atoms with Gasteiger partial charge in [-0.1, -0.05) is 49.3 Å². The molecule has 2 saturated carbocycles. The number of aromatic nitrogens is 7. The molecule has 1 N–H and O–H groups in total. The maximum Gasteiger partial charge on any atom is 0.346 e. The summed E-state index contributed by atoms with van der Waals surface area (Å²) in [6.07, 6.45) is 13.1. The van der Waals surface area contributed by atoms with Gasteiger partial charge in [-0.2, -0.15) is 5.21 Å². The Hall–Kier alpha value is -3.84. The number of nitrogens with zero attached hydrogens (tertiary/aromatic N) is 8. The van der Waals surface area contributed by atoms with Crippen molar-refractivity contribution in [3.8, 4) is 0 Å². The van der Waals surface area contributed by atoms with Crippen LogP contribution >= 0.6 is 11.3 Å². The Morgan fingerprint density at radius 2 is 1.67 bits per heavy atom. The molecule has 218 valence electrons. The molecule has 0 aromatic carbocycles. The smallest absolute Gasteiger partial charge is 0.307 e. The van der Waals surface area contributed by atoms with E-state index in [0.29, 0.717) is 24.4 Å². The van der Waals surface area contributed by atoms with Gasteiger partial charge in [-0.3, -0.25) is 19.8 Å². The quantitative estimate of drug-likeness (QED) is 0.234. The summed E-state index contributed by atoms with van der Waals surface area (Å²) in [7, 11) is 0. The molecule has 7 rings (SSSR count). The highest BCUT2D eigenvalue weighted by molar-refractivity contribution is 7.10. The van der Waals surface area contributed by atoms with Crippen LogP contribution in [-0.4, -0.2) is 52.8 Å². The highest BCUT2D eigenvalue weighted by atomic mass is 32.1. The maximum atomic E-state index is 13.6. The van der Waals surface area contributed by atoms with Crippen LogP contribution in [0, 0.1) is 22.0 Å².